The lowest BCUT2D eigenvalue weighted by Gasteiger charge is -2.19. The van der Waals surface area contributed by atoms with Gasteiger partial charge in [0, 0.05) is 0 Å². The van der Waals surface area contributed by atoms with Gasteiger partial charge in [-0.05, 0) is 31.2 Å². The first-order chi connectivity index (χ1) is 11.3. The van der Waals surface area contributed by atoms with E-state index in [2.05, 4.69) is 10.6 Å². The van der Waals surface area contributed by atoms with Crippen molar-refractivity contribution in [2.24, 2.45) is 0 Å². The Kier molecular flexibility index (Phi) is 5.33. The zero-order valence-corrected chi connectivity index (χ0v) is 13.1. The maximum atomic E-state index is 13.0. The van der Waals surface area contributed by atoms with Gasteiger partial charge in [0.25, 0.3) is 0 Å². The maximum Gasteiger partial charge on any atom is 0.418 e. The molecule has 2 N–H and O–H groups in total. The number of carbonyl (C=O) groups is 1. The summed E-state index contributed by atoms with van der Waals surface area (Å²) in [6.45, 7) is 1.55. The molecule has 1 atom stereocenters. The molecule has 7 heteroatoms. The van der Waals surface area contributed by atoms with Crippen molar-refractivity contribution in [3.8, 4) is 5.75 Å². The zero-order valence-electron chi connectivity index (χ0n) is 13.1. The van der Waals surface area contributed by atoms with Gasteiger partial charge in [0.05, 0.1) is 24.0 Å². The van der Waals surface area contributed by atoms with Crippen LogP contribution in [0.2, 0.25) is 0 Å². The van der Waals surface area contributed by atoms with Gasteiger partial charge in [0.1, 0.15) is 11.8 Å². The van der Waals surface area contributed by atoms with Gasteiger partial charge in [-0.2, -0.15) is 13.2 Å². The molecule has 2 aromatic rings. The first kappa shape index (κ1) is 17.7. The molecule has 24 heavy (non-hydrogen) atoms. The number of hydrogen-bond acceptors (Lipinski definition) is 3. The minimum atomic E-state index is -4.54. The Morgan fingerprint density at radius 3 is 2.25 bits per heavy atom. The van der Waals surface area contributed by atoms with Gasteiger partial charge in [-0.25, -0.2) is 0 Å². The average Bonchev–Trinajstić information content (AvgIpc) is 2.54. The number of para-hydroxylation sites is 3. The third-order valence-corrected chi connectivity index (χ3v) is 3.36. The first-order valence-corrected chi connectivity index (χ1v) is 7.19. The molecule has 0 radical (unpaired) electrons. The van der Waals surface area contributed by atoms with Crippen LogP contribution in [0.25, 0.3) is 0 Å². The average molecular weight is 338 g/mol. The summed E-state index contributed by atoms with van der Waals surface area (Å²) in [7, 11) is 1.49. The van der Waals surface area contributed by atoms with Crippen LogP contribution >= 0.6 is 0 Å². The van der Waals surface area contributed by atoms with Gasteiger partial charge >= 0.3 is 6.18 Å². The van der Waals surface area contributed by atoms with E-state index in [1.54, 1.807) is 31.2 Å². The molecule has 128 valence electrons. The summed E-state index contributed by atoms with van der Waals surface area (Å²) >= 11 is 0. The highest BCUT2D eigenvalue weighted by molar-refractivity contribution is 5.97. The maximum absolute atomic E-state index is 13.0. The van der Waals surface area contributed by atoms with Gasteiger partial charge in [0.2, 0.25) is 5.91 Å². The number of nitrogens with one attached hydrogen (secondary N) is 2. The second-order valence-corrected chi connectivity index (χ2v) is 5.10. The van der Waals surface area contributed by atoms with E-state index in [9.17, 15) is 18.0 Å². The number of hydrogen-bond donors (Lipinski definition) is 2. The lowest BCUT2D eigenvalue weighted by molar-refractivity contribution is -0.137. The van der Waals surface area contributed by atoms with Gasteiger partial charge in [0.15, 0.2) is 0 Å². The summed E-state index contributed by atoms with van der Waals surface area (Å²) < 4.78 is 44.1. The largest absolute Gasteiger partial charge is 0.495 e. The smallest absolute Gasteiger partial charge is 0.418 e. The number of ether oxygens (including phenoxy) is 1. The van der Waals surface area contributed by atoms with Crippen LogP contribution in [-0.2, 0) is 11.0 Å². The Bertz CT molecular complexity index is 717. The van der Waals surface area contributed by atoms with E-state index in [0.717, 1.165) is 6.07 Å². The molecule has 0 aliphatic carbocycles. The molecule has 0 saturated carbocycles. The third kappa shape index (κ3) is 4.18. The van der Waals surface area contributed by atoms with E-state index >= 15 is 0 Å². The predicted molar refractivity (Wildman–Crippen MR) is 86.2 cm³/mol. The van der Waals surface area contributed by atoms with E-state index in [1.807, 2.05) is 0 Å². The zero-order chi connectivity index (χ0) is 17.7. The Balaban J connectivity index is 2.13. The van der Waals surface area contributed by atoms with Crippen LogP contribution in [0.1, 0.15) is 12.5 Å². The summed E-state index contributed by atoms with van der Waals surface area (Å²) in [5.41, 5.74) is -0.585. The minimum Gasteiger partial charge on any atom is -0.495 e. The summed E-state index contributed by atoms with van der Waals surface area (Å²) in [6.07, 6.45) is -4.54. The second-order valence-electron chi connectivity index (χ2n) is 5.10. The predicted octanol–water partition coefficient (Wildman–Crippen LogP) is 4.15. The highest BCUT2D eigenvalue weighted by Crippen LogP contribution is 2.34. The molecule has 1 amide bonds. The molecule has 2 rings (SSSR count). The first-order valence-electron chi connectivity index (χ1n) is 7.19. The summed E-state index contributed by atoms with van der Waals surface area (Å²) in [5.74, 6) is -0.0505. The lowest BCUT2D eigenvalue weighted by Crippen LogP contribution is -2.32. The van der Waals surface area contributed by atoms with Crippen molar-refractivity contribution in [2.45, 2.75) is 19.1 Å². The van der Waals surface area contributed by atoms with Gasteiger partial charge < -0.3 is 15.4 Å². The van der Waals surface area contributed by atoms with Crippen molar-refractivity contribution < 1.29 is 22.7 Å². The summed E-state index contributed by atoms with van der Waals surface area (Å²) in [6, 6.07) is 11.0. The number of carbonyl (C=O) groups excluding carboxylic acids is 1. The quantitative estimate of drug-likeness (QED) is 0.861. The van der Waals surface area contributed by atoms with E-state index in [0.29, 0.717) is 11.4 Å². The molecule has 0 fully saturated rings. The second kappa shape index (κ2) is 7.25. The van der Waals surface area contributed by atoms with E-state index in [4.69, 9.17) is 4.74 Å². The molecule has 0 aliphatic heterocycles. The SMILES string of the molecule is COc1ccccc1N[C@H](C)C(=O)Nc1ccccc1C(F)(F)F. The Morgan fingerprint density at radius 1 is 1.04 bits per heavy atom. The molecular weight excluding hydrogens is 321 g/mol. The van der Waals surface area contributed by atoms with Crippen LogP contribution in [0.5, 0.6) is 5.75 Å². The molecular formula is C17H17F3N2O2. The topological polar surface area (TPSA) is 50.4 Å². The van der Waals surface area contributed by atoms with Crippen LogP contribution in [0, 0.1) is 0 Å². The molecule has 0 aromatic heterocycles. The number of alkyl halides is 3. The van der Waals surface area contributed by atoms with E-state index in [-0.39, 0.29) is 5.69 Å². The van der Waals surface area contributed by atoms with E-state index < -0.39 is 23.7 Å². The molecule has 0 spiro atoms. The van der Waals surface area contributed by atoms with Crippen LogP contribution < -0.4 is 15.4 Å². The lowest BCUT2D eigenvalue weighted by atomic mass is 10.1. The molecule has 4 nitrogen and oxygen atoms in total. The number of amides is 1. The standard InChI is InChI=1S/C17H17F3N2O2/c1-11(21-14-9-5-6-10-15(14)24-2)16(23)22-13-8-4-3-7-12(13)17(18,19)20/h3-11,21H,1-2H3,(H,22,23)/t11-/m1/s1. The van der Waals surface area contributed by atoms with Crippen molar-refractivity contribution in [3.05, 3.63) is 54.1 Å². The van der Waals surface area contributed by atoms with Crippen LogP contribution in [-0.4, -0.2) is 19.1 Å². The van der Waals surface area contributed by atoms with Gasteiger partial charge in [-0.3, -0.25) is 4.79 Å². The summed E-state index contributed by atoms with van der Waals surface area (Å²) in [4.78, 5) is 12.2. The van der Waals surface area contributed by atoms with E-state index in [1.165, 1.54) is 25.3 Å². The molecule has 0 heterocycles. The molecule has 0 unspecified atom stereocenters. The number of halogens is 3. The Labute approximate surface area is 137 Å². The Hall–Kier alpha value is -2.70. The normalized spacial score (nSPS) is 12.4. The highest BCUT2D eigenvalue weighted by atomic mass is 19.4. The van der Waals surface area contributed by atoms with Gasteiger partial charge in [-0.1, -0.05) is 24.3 Å². The van der Waals surface area contributed by atoms with Crippen molar-refractivity contribution in [1.82, 2.24) is 0 Å². The van der Waals surface area contributed by atoms with Crippen molar-refractivity contribution in [3.63, 3.8) is 0 Å². The molecule has 2 aromatic carbocycles. The number of rotatable bonds is 5. The van der Waals surface area contributed by atoms with Crippen molar-refractivity contribution >= 4 is 17.3 Å². The Morgan fingerprint density at radius 2 is 1.62 bits per heavy atom. The van der Waals surface area contributed by atoms with Crippen LogP contribution in [0.4, 0.5) is 24.5 Å². The van der Waals surface area contributed by atoms with Gasteiger partial charge in [-0.15, -0.1) is 0 Å². The third-order valence-electron chi connectivity index (χ3n) is 3.36. The van der Waals surface area contributed by atoms with Crippen molar-refractivity contribution in [2.75, 3.05) is 17.7 Å². The monoisotopic (exact) mass is 338 g/mol. The number of anilines is 2. The molecule has 0 bridgehead atoms. The van der Waals surface area contributed by atoms with Crippen LogP contribution in [0.3, 0.4) is 0 Å². The highest BCUT2D eigenvalue weighted by Gasteiger charge is 2.33. The minimum absolute atomic E-state index is 0.274. The fraction of sp³-hybridized carbons (Fsp3) is 0.235. The fourth-order valence-electron chi connectivity index (χ4n) is 2.14. The van der Waals surface area contributed by atoms with Crippen LogP contribution in [0.15, 0.2) is 48.5 Å². The number of methoxy groups -OCH3 is 1. The number of benzene rings is 2. The summed E-state index contributed by atoms with van der Waals surface area (Å²) in [5, 5.41) is 5.23. The molecule has 0 aliphatic rings. The molecule has 0 saturated heterocycles. The fourth-order valence-corrected chi connectivity index (χ4v) is 2.14. The van der Waals surface area contributed by atoms with Crippen molar-refractivity contribution in [1.29, 1.82) is 0 Å².